The van der Waals surface area contributed by atoms with E-state index in [1.807, 2.05) is 34.6 Å². The average Bonchev–Trinajstić information content (AvgIpc) is 2.94. The summed E-state index contributed by atoms with van der Waals surface area (Å²) in [5.74, 6) is -1.75. The molecule has 2 saturated heterocycles. The van der Waals surface area contributed by atoms with Crippen LogP contribution in [0.2, 0.25) is 0 Å². The molecular formula is C21H35N3O5. The number of nitrogens with one attached hydrogen (secondary N) is 2. The molecule has 0 aromatic carbocycles. The van der Waals surface area contributed by atoms with Crippen molar-refractivity contribution in [3.8, 4) is 0 Å². The predicted molar refractivity (Wildman–Crippen MR) is 110 cm³/mol. The first kappa shape index (κ1) is 23.5. The number of nitrogens with zero attached hydrogens (tertiary/aromatic N) is 1. The fraction of sp³-hybridized carbons (Fsp3) is 0.714. The molecule has 1 spiro atoms. The van der Waals surface area contributed by atoms with Gasteiger partial charge in [0.25, 0.3) is 11.8 Å². The van der Waals surface area contributed by atoms with Crippen molar-refractivity contribution in [2.75, 3.05) is 19.7 Å². The molecule has 0 aromatic heterocycles. The van der Waals surface area contributed by atoms with Crippen LogP contribution in [0.3, 0.4) is 0 Å². The molecule has 1 atom stereocenters. The lowest BCUT2D eigenvalue weighted by Crippen LogP contribution is -2.67. The normalized spacial score (nSPS) is 25.0. The molecule has 0 bridgehead atoms. The third-order valence-electron chi connectivity index (χ3n) is 5.03. The molecule has 2 heterocycles. The Bertz CT molecular complexity index is 604. The second kappa shape index (κ2) is 8.95. The molecule has 2 aliphatic heterocycles. The van der Waals surface area contributed by atoms with Crippen molar-refractivity contribution in [2.45, 2.75) is 76.5 Å². The highest BCUT2D eigenvalue weighted by atomic mass is 16.7. The molecule has 164 valence electrons. The Hall–Kier alpha value is -1.74. The first-order chi connectivity index (χ1) is 13.5. The molecular weight excluding hydrogens is 374 g/mol. The average molecular weight is 410 g/mol. The van der Waals surface area contributed by atoms with E-state index < -0.39 is 34.8 Å². The largest absolute Gasteiger partial charge is 0.350 e. The summed E-state index contributed by atoms with van der Waals surface area (Å²) in [6.07, 6.45) is 2.87. The van der Waals surface area contributed by atoms with E-state index in [0.717, 1.165) is 0 Å². The van der Waals surface area contributed by atoms with Gasteiger partial charge in [0.2, 0.25) is 6.10 Å². The summed E-state index contributed by atoms with van der Waals surface area (Å²) in [4.78, 5) is 31.4. The fourth-order valence-corrected chi connectivity index (χ4v) is 4.37. The quantitative estimate of drug-likeness (QED) is 0.468. The maximum absolute atomic E-state index is 12.6. The van der Waals surface area contributed by atoms with Crippen LogP contribution in [0.1, 0.15) is 47.5 Å². The number of carbonyl (C=O) groups is 2. The maximum Gasteiger partial charge on any atom is 0.261 e. The molecule has 2 rings (SSSR count). The van der Waals surface area contributed by atoms with Gasteiger partial charge < -0.3 is 20.1 Å². The van der Waals surface area contributed by atoms with Crippen molar-refractivity contribution in [3.05, 3.63) is 25.3 Å². The summed E-state index contributed by atoms with van der Waals surface area (Å²) in [5.41, 5.74) is -1.11. The summed E-state index contributed by atoms with van der Waals surface area (Å²) >= 11 is 0. The zero-order valence-corrected chi connectivity index (χ0v) is 18.2. The summed E-state index contributed by atoms with van der Waals surface area (Å²) in [7, 11) is 0. The first-order valence-corrected chi connectivity index (χ1v) is 10.0. The number of amides is 2. The summed E-state index contributed by atoms with van der Waals surface area (Å²) in [6, 6.07) is 0. The van der Waals surface area contributed by atoms with E-state index in [1.165, 1.54) is 0 Å². The van der Waals surface area contributed by atoms with Crippen molar-refractivity contribution in [1.29, 1.82) is 0 Å². The number of rotatable bonds is 8. The van der Waals surface area contributed by atoms with Gasteiger partial charge in [-0.1, -0.05) is 12.2 Å². The molecule has 2 aliphatic rings. The minimum absolute atomic E-state index is 0.0242. The van der Waals surface area contributed by atoms with Crippen LogP contribution in [0.25, 0.3) is 0 Å². The predicted octanol–water partition coefficient (Wildman–Crippen LogP) is 1.68. The van der Waals surface area contributed by atoms with E-state index in [2.05, 4.69) is 23.8 Å². The molecule has 0 aliphatic carbocycles. The lowest BCUT2D eigenvalue weighted by molar-refractivity contribution is -0.343. The van der Waals surface area contributed by atoms with Crippen LogP contribution in [0, 0.1) is 0 Å². The van der Waals surface area contributed by atoms with Crippen LogP contribution < -0.4 is 10.6 Å². The Morgan fingerprint density at radius 2 is 1.59 bits per heavy atom. The van der Waals surface area contributed by atoms with Gasteiger partial charge in [0.05, 0.1) is 12.7 Å². The zero-order chi connectivity index (χ0) is 21.9. The topological polar surface area (TPSA) is 89.1 Å². The van der Waals surface area contributed by atoms with Gasteiger partial charge in [0.15, 0.2) is 5.79 Å². The highest BCUT2D eigenvalue weighted by Gasteiger charge is 2.58. The Morgan fingerprint density at radius 1 is 1.10 bits per heavy atom. The molecule has 1 unspecified atom stereocenters. The van der Waals surface area contributed by atoms with Crippen molar-refractivity contribution in [3.63, 3.8) is 0 Å². The molecule has 2 fully saturated rings. The molecule has 0 aromatic rings. The van der Waals surface area contributed by atoms with Gasteiger partial charge in [0, 0.05) is 37.0 Å². The number of ether oxygens (including phenoxy) is 2. The van der Waals surface area contributed by atoms with Crippen LogP contribution in [0.4, 0.5) is 0 Å². The Labute approximate surface area is 173 Å². The van der Waals surface area contributed by atoms with E-state index in [9.17, 15) is 9.59 Å². The smallest absolute Gasteiger partial charge is 0.261 e. The zero-order valence-electron chi connectivity index (χ0n) is 18.2. The van der Waals surface area contributed by atoms with Gasteiger partial charge in [0.1, 0.15) is 0 Å². The Kier molecular flexibility index (Phi) is 7.27. The van der Waals surface area contributed by atoms with E-state index in [1.54, 1.807) is 17.2 Å². The number of carbonyl (C=O) groups excluding carboxylic acids is 2. The van der Waals surface area contributed by atoms with Gasteiger partial charge in [-0.25, -0.2) is 0 Å². The molecule has 0 radical (unpaired) electrons. The van der Waals surface area contributed by atoms with Gasteiger partial charge in [-0.05, 0) is 34.6 Å². The molecule has 29 heavy (non-hydrogen) atoms. The van der Waals surface area contributed by atoms with Crippen LogP contribution in [0.15, 0.2) is 25.3 Å². The third kappa shape index (κ3) is 5.45. The second-order valence-corrected chi connectivity index (χ2v) is 8.98. The highest BCUT2D eigenvalue weighted by Crippen LogP contribution is 2.48. The highest BCUT2D eigenvalue weighted by molar-refractivity contribution is 6.03. The van der Waals surface area contributed by atoms with Crippen LogP contribution in [-0.4, -0.2) is 65.6 Å². The Morgan fingerprint density at radius 3 is 1.97 bits per heavy atom. The number of hydrogen-bond acceptors (Lipinski definition) is 6. The second-order valence-electron chi connectivity index (χ2n) is 8.98. The van der Waals surface area contributed by atoms with Crippen molar-refractivity contribution in [2.24, 2.45) is 0 Å². The van der Waals surface area contributed by atoms with Gasteiger partial charge in [-0.2, -0.15) is 5.06 Å². The maximum atomic E-state index is 12.6. The lowest BCUT2D eigenvalue weighted by atomic mass is 9.78. The van der Waals surface area contributed by atoms with E-state index in [0.29, 0.717) is 19.4 Å². The molecule has 0 saturated carbocycles. The van der Waals surface area contributed by atoms with E-state index in [-0.39, 0.29) is 19.2 Å². The van der Waals surface area contributed by atoms with Crippen molar-refractivity contribution in [1.82, 2.24) is 15.7 Å². The third-order valence-corrected chi connectivity index (χ3v) is 5.03. The number of piperidine rings is 1. The summed E-state index contributed by atoms with van der Waals surface area (Å²) in [6.45, 7) is 18.2. The molecule has 8 nitrogen and oxygen atoms in total. The lowest BCUT2D eigenvalue weighted by Gasteiger charge is -2.56. The number of hydroxylamine groups is 2. The van der Waals surface area contributed by atoms with Crippen LogP contribution in [0.5, 0.6) is 0 Å². The SMILES string of the molecule is C=CCNC(=O)C(ON1C(C)(C)CC2(CC1(C)C)OCC(C)O2)C(=O)NCC=C. The Balaban J connectivity index is 2.25. The summed E-state index contributed by atoms with van der Waals surface area (Å²) < 4.78 is 12.2. The molecule has 2 amide bonds. The van der Waals surface area contributed by atoms with Gasteiger partial charge >= 0.3 is 0 Å². The number of hydrogen-bond donors (Lipinski definition) is 2. The molecule has 8 heteroatoms. The van der Waals surface area contributed by atoms with Crippen LogP contribution in [-0.2, 0) is 23.9 Å². The minimum atomic E-state index is -1.34. The van der Waals surface area contributed by atoms with Gasteiger partial charge in [-0.15, -0.1) is 13.2 Å². The monoisotopic (exact) mass is 409 g/mol. The van der Waals surface area contributed by atoms with E-state index >= 15 is 0 Å². The van der Waals surface area contributed by atoms with Crippen LogP contribution >= 0.6 is 0 Å². The van der Waals surface area contributed by atoms with Crippen molar-refractivity contribution < 1.29 is 23.9 Å². The minimum Gasteiger partial charge on any atom is -0.350 e. The molecule has 2 N–H and O–H groups in total. The summed E-state index contributed by atoms with van der Waals surface area (Å²) in [5, 5.41) is 7.03. The van der Waals surface area contributed by atoms with Gasteiger partial charge in [-0.3, -0.25) is 14.4 Å². The first-order valence-electron chi connectivity index (χ1n) is 10.0. The fourth-order valence-electron chi connectivity index (χ4n) is 4.37. The van der Waals surface area contributed by atoms with Crippen molar-refractivity contribution >= 4 is 11.8 Å². The standard InChI is InChI=1S/C21H35N3O5/c1-8-10-22-17(25)16(18(26)23-11-9-2)29-24-19(4,5)13-21(14-20(24,6)7)27-12-15(3)28-21/h8-9,15-16H,1-2,10-14H2,3-7H3,(H,22,25)(H,23,26). The van der Waals surface area contributed by atoms with E-state index in [4.69, 9.17) is 14.3 Å².